The minimum absolute atomic E-state index is 0.0240. The van der Waals surface area contributed by atoms with Gasteiger partial charge in [-0.1, -0.05) is 0 Å². The van der Waals surface area contributed by atoms with E-state index in [1.165, 1.54) is 17.5 Å². The summed E-state index contributed by atoms with van der Waals surface area (Å²) in [7, 11) is 0. The van der Waals surface area contributed by atoms with Crippen molar-refractivity contribution in [2.24, 2.45) is 0 Å². The summed E-state index contributed by atoms with van der Waals surface area (Å²) in [5.41, 5.74) is 0.526. The highest BCUT2D eigenvalue weighted by molar-refractivity contribution is 7.09. The molecule has 6 heteroatoms. The first-order valence-corrected chi connectivity index (χ1v) is 5.90. The van der Waals surface area contributed by atoms with Crippen LogP contribution in [0.5, 0.6) is 0 Å². The van der Waals surface area contributed by atoms with Gasteiger partial charge >= 0.3 is 5.97 Å². The molecule has 0 aliphatic rings. The fourth-order valence-corrected chi connectivity index (χ4v) is 2.08. The first kappa shape index (κ1) is 11.5. The Labute approximate surface area is 102 Å². The Kier molecular flexibility index (Phi) is 3.34. The van der Waals surface area contributed by atoms with Gasteiger partial charge in [0.25, 0.3) is 0 Å². The molecule has 1 atom stereocenters. The van der Waals surface area contributed by atoms with Gasteiger partial charge in [-0.15, -0.1) is 11.3 Å². The molecule has 5 nitrogen and oxygen atoms in total. The van der Waals surface area contributed by atoms with Gasteiger partial charge in [0.2, 0.25) is 0 Å². The van der Waals surface area contributed by atoms with Crippen molar-refractivity contribution in [3.05, 3.63) is 40.6 Å². The summed E-state index contributed by atoms with van der Waals surface area (Å²) >= 11 is 1.52. The van der Waals surface area contributed by atoms with Gasteiger partial charge in [0.05, 0.1) is 11.7 Å². The minimum atomic E-state index is -1.04. The van der Waals surface area contributed by atoms with Crippen molar-refractivity contribution < 1.29 is 9.90 Å². The van der Waals surface area contributed by atoms with Gasteiger partial charge in [-0.2, -0.15) is 0 Å². The summed E-state index contributed by atoms with van der Waals surface area (Å²) in [6.07, 6.45) is 3.18. The number of carboxylic acid groups (broad SMARTS) is 1. The molecule has 2 aromatic rings. The average molecular weight is 249 g/mol. The zero-order valence-electron chi connectivity index (χ0n) is 9.12. The SMILES string of the molecule is CC(Nc1cccnc1C(=O)O)c1nccs1. The molecule has 0 amide bonds. The van der Waals surface area contributed by atoms with Crippen LogP contribution in [0.25, 0.3) is 0 Å². The number of carboxylic acids is 1. The highest BCUT2D eigenvalue weighted by Crippen LogP contribution is 2.22. The molecule has 0 aliphatic heterocycles. The number of anilines is 1. The number of rotatable bonds is 4. The van der Waals surface area contributed by atoms with Gasteiger partial charge in [0.1, 0.15) is 5.01 Å². The number of hydrogen-bond acceptors (Lipinski definition) is 5. The highest BCUT2D eigenvalue weighted by Gasteiger charge is 2.14. The lowest BCUT2D eigenvalue weighted by atomic mass is 10.2. The molecule has 0 saturated carbocycles. The molecule has 0 aromatic carbocycles. The Morgan fingerprint density at radius 3 is 2.94 bits per heavy atom. The predicted molar refractivity (Wildman–Crippen MR) is 65.3 cm³/mol. The Hall–Kier alpha value is -1.95. The lowest BCUT2D eigenvalue weighted by Crippen LogP contribution is -2.11. The molecule has 0 fully saturated rings. The summed E-state index contributed by atoms with van der Waals surface area (Å²) in [6.45, 7) is 1.93. The van der Waals surface area contributed by atoms with Crippen molar-refractivity contribution >= 4 is 23.0 Å². The lowest BCUT2D eigenvalue weighted by Gasteiger charge is -2.13. The van der Waals surface area contributed by atoms with Gasteiger partial charge in [-0.25, -0.2) is 14.8 Å². The van der Waals surface area contributed by atoms with Crippen molar-refractivity contribution in [3.63, 3.8) is 0 Å². The number of pyridine rings is 1. The maximum absolute atomic E-state index is 11.0. The molecular formula is C11H11N3O2S. The van der Waals surface area contributed by atoms with Crippen LogP contribution in [0.3, 0.4) is 0 Å². The topological polar surface area (TPSA) is 75.1 Å². The number of aromatic carboxylic acids is 1. The fourth-order valence-electron chi connectivity index (χ4n) is 1.44. The summed E-state index contributed by atoms with van der Waals surface area (Å²) in [5.74, 6) is -1.04. The van der Waals surface area contributed by atoms with E-state index in [0.717, 1.165) is 5.01 Å². The molecule has 1 unspecified atom stereocenters. The second kappa shape index (κ2) is 4.92. The summed E-state index contributed by atoms with van der Waals surface area (Å²) < 4.78 is 0. The Morgan fingerprint density at radius 1 is 1.47 bits per heavy atom. The van der Waals surface area contributed by atoms with Crippen molar-refractivity contribution in [1.29, 1.82) is 0 Å². The van der Waals surface area contributed by atoms with E-state index in [2.05, 4.69) is 15.3 Å². The number of hydrogen-bond donors (Lipinski definition) is 2. The number of thiazole rings is 1. The molecule has 2 heterocycles. The Morgan fingerprint density at radius 2 is 2.29 bits per heavy atom. The first-order chi connectivity index (χ1) is 8.18. The number of aromatic nitrogens is 2. The zero-order valence-corrected chi connectivity index (χ0v) is 9.94. The van der Waals surface area contributed by atoms with Crippen molar-refractivity contribution in [2.75, 3.05) is 5.32 Å². The molecule has 2 rings (SSSR count). The molecule has 0 radical (unpaired) electrons. The van der Waals surface area contributed by atoms with E-state index in [0.29, 0.717) is 5.69 Å². The van der Waals surface area contributed by atoms with E-state index in [1.807, 2.05) is 12.3 Å². The minimum Gasteiger partial charge on any atom is -0.476 e. The van der Waals surface area contributed by atoms with Gasteiger partial charge in [0, 0.05) is 17.8 Å². The highest BCUT2D eigenvalue weighted by atomic mass is 32.1. The molecule has 2 N–H and O–H groups in total. The Balaban J connectivity index is 2.21. The third-order valence-corrected chi connectivity index (χ3v) is 3.16. The smallest absolute Gasteiger partial charge is 0.356 e. The average Bonchev–Trinajstić information content (AvgIpc) is 2.83. The lowest BCUT2D eigenvalue weighted by molar-refractivity contribution is 0.0691. The molecule has 0 aliphatic carbocycles. The second-order valence-electron chi connectivity index (χ2n) is 3.44. The van der Waals surface area contributed by atoms with Gasteiger partial charge in [-0.3, -0.25) is 0 Å². The van der Waals surface area contributed by atoms with Crippen LogP contribution in [-0.2, 0) is 0 Å². The summed E-state index contributed by atoms with van der Waals surface area (Å²) in [6, 6.07) is 3.35. The van der Waals surface area contributed by atoms with Gasteiger partial charge in [-0.05, 0) is 19.1 Å². The van der Waals surface area contributed by atoms with Crippen LogP contribution in [-0.4, -0.2) is 21.0 Å². The molecule has 17 heavy (non-hydrogen) atoms. The van der Waals surface area contributed by atoms with Crippen molar-refractivity contribution in [2.45, 2.75) is 13.0 Å². The van der Waals surface area contributed by atoms with Crippen LogP contribution in [0.2, 0.25) is 0 Å². The van der Waals surface area contributed by atoms with E-state index < -0.39 is 5.97 Å². The number of nitrogens with one attached hydrogen (secondary N) is 1. The quantitative estimate of drug-likeness (QED) is 0.870. The summed E-state index contributed by atoms with van der Waals surface area (Å²) in [5, 5.41) is 14.9. The maximum Gasteiger partial charge on any atom is 0.356 e. The molecule has 0 saturated heterocycles. The maximum atomic E-state index is 11.0. The van der Waals surface area contributed by atoms with Crippen molar-refractivity contribution in [3.8, 4) is 0 Å². The second-order valence-corrected chi connectivity index (χ2v) is 4.37. The van der Waals surface area contributed by atoms with Crippen LogP contribution >= 0.6 is 11.3 Å². The van der Waals surface area contributed by atoms with E-state index >= 15 is 0 Å². The molecule has 0 bridgehead atoms. The van der Waals surface area contributed by atoms with Crippen LogP contribution < -0.4 is 5.32 Å². The first-order valence-electron chi connectivity index (χ1n) is 5.02. The number of nitrogens with zero attached hydrogens (tertiary/aromatic N) is 2. The van der Waals surface area contributed by atoms with Crippen LogP contribution in [0, 0.1) is 0 Å². The number of carbonyl (C=O) groups is 1. The fraction of sp³-hybridized carbons (Fsp3) is 0.182. The van der Waals surface area contributed by atoms with Gasteiger partial charge in [0.15, 0.2) is 5.69 Å². The van der Waals surface area contributed by atoms with Gasteiger partial charge < -0.3 is 10.4 Å². The molecule has 0 spiro atoms. The molecule has 2 aromatic heterocycles. The predicted octanol–water partition coefficient (Wildman–Crippen LogP) is 2.41. The van der Waals surface area contributed by atoms with E-state index in [-0.39, 0.29) is 11.7 Å². The van der Waals surface area contributed by atoms with Crippen molar-refractivity contribution in [1.82, 2.24) is 9.97 Å². The molecule has 88 valence electrons. The Bertz CT molecular complexity index is 513. The standard InChI is InChI=1S/C11H11N3O2S/c1-7(10-13-5-6-17-10)14-8-3-2-4-12-9(8)11(15)16/h2-7,14H,1H3,(H,15,16). The van der Waals surface area contributed by atoms with Crippen LogP contribution in [0.1, 0.15) is 28.5 Å². The van der Waals surface area contributed by atoms with E-state index in [4.69, 9.17) is 5.11 Å². The monoisotopic (exact) mass is 249 g/mol. The third-order valence-electron chi connectivity index (χ3n) is 2.20. The van der Waals surface area contributed by atoms with E-state index in [1.54, 1.807) is 18.3 Å². The largest absolute Gasteiger partial charge is 0.476 e. The third kappa shape index (κ3) is 2.59. The van der Waals surface area contributed by atoms with E-state index in [9.17, 15) is 4.79 Å². The molecular weight excluding hydrogens is 238 g/mol. The van der Waals surface area contributed by atoms with Crippen LogP contribution in [0.15, 0.2) is 29.9 Å². The van der Waals surface area contributed by atoms with Crippen LogP contribution in [0.4, 0.5) is 5.69 Å². The summed E-state index contributed by atoms with van der Waals surface area (Å²) in [4.78, 5) is 19.0. The zero-order chi connectivity index (χ0) is 12.3. The normalized spacial score (nSPS) is 12.1.